The molecule has 2 aliphatic rings. The number of hydrogen-bond acceptors (Lipinski definition) is 7. The van der Waals surface area contributed by atoms with Crippen molar-refractivity contribution in [2.24, 2.45) is 0 Å². The fraction of sp³-hybridized carbons (Fsp3) is 0.375. The van der Waals surface area contributed by atoms with E-state index >= 15 is 0 Å². The molecular formula is C24H27N3O7. The number of methoxy groups -OCH3 is 2. The second-order valence-corrected chi connectivity index (χ2v) is 7.96. The zero-order valence-electron chi connectivity index (χ0n) is 19.1. The molecule has 10 heteroatoms. The molecule has 2 heterocycles. The lowest BCUT2D eigenvalue weighted by Crippen LogP contribution is -2.72. The van der Waals surface area contributed by atoms with Gasteiger partial charge in [-0.3, -0.25) is 4.79 Å². The molecule has 2 saturated heterocycles. The number of rotatable bonds is 9. The first-order chi connectivity index (χ1) is 16.5. The minimum atomic E-state index is -0.819. The minimum Gasteiger partial charge on any atom is -0.497 e. The van der Waals surface area contributed by atoms with Crippen molar-refractivity contribution in [1.29, 1.82) is 0 Å². The van der Waals surface area contributed by atoms with Gasteiger partial charge in [-0.05, 0) is 17.7 Å². The van der Waals surface area contributed by atoms with Crippen LogP contribution in [-0.4, -0.2) is 73.9 Å². The first-order valence-corrected chi connectivity index (χ1v) is 10.9. The lowest BCUT2D eigenvalue weighted by Gasteiger charge is -2.48. The standard InChI is InChI=1S/C24H27N3O7/c1-31-18-9-8-17(20(12-18)32-2)13-27-19(14-26-10-11-33-24(26)30)21(22(27)28)25-23(29)34-15-16-6-4-3-5-7-16/h3-9,12,19,21H,10-11,13-15H2,1-2H3,(H,25,29)/t19-,21+/m1/s1. The van der Waals surface area contributed by atoms with Gasteiger partial charge >= 0.3 is 12.2 Å². The van der Waals surface area contributed by atoms with Crippen molar-refractivity contribution >= 4 is 18.1 Å². The van der Waals surface area contributed by atoms with Crippen LogP contribution in [0.25, 0.3) is 0 Å². The number of cyclic esters (lactones) is 1. The zero-order chi connectivity index (χ0) is 24.1. The highest BCUT2D eigenvalue weighted by molar-refractivity contribution is 5.92. The summed E-state index contributed by atoms with van der Waals surface area (Å²) < 4.78 is 21.0. The van der Waals surface area contributed by atoms with Gasteiger partial charge < -0.3 is 34.1 Å². The lowest BCUT2D eigenvalue weighted by atomic mass is 9.93. The molecule has 0 aromatic heterocycles. The summed E-state index contributed by atoms with van der Waals surface area (Å²) in [6.45, 7) is 1.28. The second-order valence-electron chi connectivity index (χ2n) is 7.96. The predicted octanol–water partition coefficient (Wildman–Crippen LogP) is 2.16. The number of benzene rings is 2. The lowest BCUT2D eigenvalue weighted by molar-refractivity contribution is -0.152. The summed E-state index contributed by atoms with van der Waals surface area (Å²) in [6.07, 6.45) is -1.13. The van der Waals surface area contributed by atoms with Gasteiger partial charge in [-0.2, -0.15) is 0 Å². The van der Waals surface area contributed by atoms with Crippen LogP contribution in [0.5, 0.6) is 11.5 Å². The average Bonchev–Trinajstić information content (AvgIpc) is 3.28. The SMILES string of the molecule is COc1ccc(CN2C(=O)[C@@H](NC(=O)OCc3ccccc3)[C@H]2CN2CCOC2=O)c(OC)c1. The normalized spacial score (nSPS) is 19.4. The third kappa shape index (κ3) is 5.00. The fourth-order valence-electron chi connectivity index (χ4n) is 4.04. The van der Waals surface area contributed by atoms with Crippen molar-refractivity contribution in [2.75, 3.05) is 33.9 Å². The number of hydrogen-bond donors (Lipinski definition) is 1. The molecule has 0 spiro atoms. The van der Waals surface area contributed by atoms with Crippen LogP contribution in [0.15, 0.2) is 48.5 Å². The number of ether oxygens (including phenoxy) is 4. The largest absolute Gasteiger partial charge is 0.497 e. The Morgan fingerprint density at radius 2 is 1.91 bits per heavy atom. The van der Waals surface area contributed by atoms with E-state index in [1.807, 2.05) is 36.4 Å². The van der Waals surface area contributed by atoms with Crippen LogP contribution in [0.4, 0.5) is 9.59 Å². The van der Waals surface area contributed by atoms with Gasteiger partial charge in [0.1, 0.15) is 30.8 Å². The summed E-state index contributed by atoms with van der Waals surface area (Å²) in [5.41, 5.74) is 1.61. The second kappa shape index (κ2) is 10.3. The maximum Gasteiger partial charge on any atom is 0.410 e. The molecule has 0 radical (unpaired) electrons. The number of nitrogens with zero attached hydrogens (tertiary/aromatic N) is 2. The zero-order valence-corrected chi connectivity index (χ0v) is 19.1. The first-order valence-electron chi connectivity index (χ1n) is 10.9. The third-order valence-corrected chi connectivity index (χ3v) is 5.91. The van der Waals surface area contributed by atoms with Gasteiger partial charge in [0.15, 0.2) is 0 Å². The van der Waals surface area contributed by atoms with E-state index in [1.54, 1.807) is 31.3 Å². The van der Waals surface area contributed by atoms with E-state index in [9.17, 15) is 14.4 Å². The summed E-state index contributed by atoms with van der Waals surface area (Å²) in [5.74, 6) is 0.935. The molecule has 2 aromatic rings. The molecule has 2 fully saturated rings. The third-order valence-electron chi connectivity index (χ3n) is 5.91. The van der Waals surface area contributed by atoms with Crippen LogP contribution in [0.3, 0.4) is 0 Å². The Morgan fingerprint density at radius 1 is 1.12 bits per heavy atom. The van der Waals surface area contributed by atoms with E-state index < -0.39 is 24.3 Å². The Morgan fingerprint density at radius 3 is 2.59 bits per heavy atom. The molecule has 2 atom stereocenters. The van der Waals surface area contributed by atoms with E-state index in [-0.39, 0.29) is 25.6 Å². The molecule has 0 unspecified atom stereocenters. The average molecular weight is 469 g/mol. The molecule has 0 bridgehead atoms. The van der Waals surface area contributed by atoms with Gasteiger partial charge in [-0.1, -0.05) is 30.3 Å². The number of alkyl carbamates (subject to hydrolysis) is 1. The first kappa shape index (κ1) is 23.2. The summed E-state index contributed by atoms with van der Waals surface area (Å²) in [7, 11) is 3.10. The summed E-state index contributed by atoms with van der Waals surface area (Å²) in [4.78, 5) is 40.6. The van der Waals surface area contributed by atoms with Crippen LogP contribution in [0.1, 0.15) is 11.1 Å². The van der Waals surface area contributed by atoms with E-state index in [1.165, 1.54) is 4.90 Å². The van der Waals surface area contributed by atoms with E-state index in [4.69, 9.17) is 18.9 Å². The van der Waals surface area contributed by atoms with Gasteiger partial charge in [0.25, 0.3) is 0 Å². The van der Waals surface area contributed by atoms with Gasteiger partial charge in [-0.25, -0.2) is 9.59 Å². The van der Waals surface area contributed by atoms with Crippen molar-refractivity contribution in [1.82, 2.24) is 15.1 Å². The summed E-state index contributed by atoms with van der Waals surface area (Å²) in [5, 5.41) is 2.66. The van der Waals surface area contributed by atoms with Crippen LogP contribution in [-0.2, 0) is 27.4 Å². The monoisotopic (exact) mass is 469 g/mol. The van der Waals surface area contributed by atoms with Crippen molar-refractivity contribution in [2.45, 2.75) is 25.2 Å². The maximum absolute atomic E-state index is 13.0. The molecule has 3 amide bonds. The maximum atomic E-state index is 13.0. The molecule has 10 nitrogen and oxygen atoms in total. The Hall–Kier alpha value is -3.95. The van der Waals surface area contributed by atoms with Crippen LogP contribution >= 0.6 is 0 Å². The highest BCUT2D eigenvalue weighted by Gasteiger charge is 2.50. The number of nitrogens with one attached hydrogen (secondary N) is 1. The molecule has 34 heavy (non-hydrogen) atoms. The van der Waals surface area contributed by atoms with Gasteiger partial charge in [0.05, 0.1) is 26.8 Å². The highest BCUT2D eigenvalue weighted by atomic mass is 16.6. The van der Waals surface area contributed by atoms with Crippen molar-refractivity contribution in [3.63, 3.8) is 0 Å². The Balaban J connectivity index is 1.45. The Bertz CT molecular complexity index is 1050. The van der Waals surface area contributed by atoms with Gasteiger partial charge in [0, 0.05) is 24.7 Å². The van der Waals surface area contributed by atoms with Crippen molar-refractivity contribution < 1.29 is 33.3 Å². The number of carbonyl (C=O) groups is 3. The number of carbonyl (C=O) groups excluding carboxylic acids is 3. The number of amides is 3. The number of likely N-dealkylation sites (tertiary alicyclic amines) is 1. The smallest absolute Gasteiger partial charge is 0.410 e. The Labute approximate surface area is 197 Å². The van der Waals surface area contributed by atoms with Crippen LogP contribution < -0.4 is 14.8 Å². The van der Waals surface area contributed by atoms with E-state index in [0.717, 1.165) is 11.1 Å². The summed E-state index contributed by atoms with van der Waals surface area (Å²) >= 11 is 0. The summed E-state index contributed by atoms with van der Waals surface area (Å²) in [6, 6.07) is 13.3. The molecule has 180 valence electrons. The molecule has 2 aliphatic heterocycles. The molecule has 2 aromatic carbocycles. The predicted molar refractivity (Wildman–Crippen MR) is 120 cm³/mol. The molecular weight excluding hydrogens is 442 g/mol. The molecule has 0 saturated carbocycles. The van der Waals surface area contributed by atoms with E-state index in [0.29, 0.717) is 24.7 Å². The van der Waals surface area contributed by atoms with Crippen molar-refractivity contribution in [3.8, 4) is 11.5 Å². The van der Waals surface area contributed by atoms with Gasteiger partial charge in [0.2, 0.25) is 5.91 Å². The quantitative estimate of drug-likeness (QED) is 0.561. The van der Waals surface area contributed by atoms with Crippen LogP contribution in [0.2, 0.25) is 0 Å². The van der Waals surface area contributed by atoms with Crippen LogP contribution in [0, 0.1) is 0 Å². The fourth-order valence-corrected chi connectivity index (χ4v) is 4.04. The van der Waals surface area contributed by atoms with Gasteiger partial charge in [-0.15, -0.1) is 0 Å². The molecule has 1 N–H and O–H groups in total. The van der Waals surface area contributed by atoms with Crippen molar-refractivity contribution in [3.05, 3.63) is 59.7 Å². The van der Waals surface area contributed by atoms with E-state index in [2.05, 4.69) is 5.32 Å². The topological polar surface area (TPSA) is 107 Å². The minimum absolute atomic E-state index is 0.0868. The molecule has 0 aliphatic carbocycles. The Kier molecular flexibility index (Phi) is 7.05. The highest BCUT2D eigenvalue weighted by Crippen LogP contribution is 2.30. The number of β-lactam (4-membered cyclic amide) rings is 1. The molecule has 4 rings (SSSR count).